The van der Waals surface area contributed by atoms with E-state index in [0.717, 1.165) is 18.7 Å². The Morgan fingerprint density at radius 3 is 2.67 bits per heavy atom. The lowest BCUT2D eigenvalue weighted by Gasteiger charge is -2.28. The zero-order valence-electron chi connectivity index (χ0n) is 11.3. The van der Waals surface area contributed by atoms with Crippen molar-refractivity contribution >= 4 is 5.91 Å². The van der Waals surface area contributed by atoms with Crippen LogP contribution in [0.1, 0.15) is 35.2 Å². The fraction of sp³-hybridized carbons (Fsp3) is 0.533. The van der Waals surface area contributed by atoms with E-state index in [1.807, 2.05) is 43.1 Å². The van der Waals surface area contributed by atoms with Gasteiger partial charge in [-0.15, -0.1) is 0 Å². The molecule has 0 spiro atoms. The topological polar surface area (TPSA) is 32.3 Å². The first-order valence-corrected chi connectivity index (χ1v) is 6.72. The van der Waals surface area contributed by atoms with Crippen LogP contribution in [0.5, 0.6) is 0 Å². The molecular formula is C15H22N2O. The molecule has 1 aliphatic rings. The van der Waals surface area contributed by atoms with Crippen LogP contribution < -0.4 is 5.32 Å². The van der Waals surface area contributed by atoms with Crippen LogP contribution in [0.3, 0.4) is 0 Å². The van der Waals surface area contributed by atoms with Crippen LogP contribution in [0.2, 0.25) is 0 Å². The molecule has 1 saturated heterocycles. The Labute approximate surface area is 109 Å². The van der Waals surface area contributed by atoms with Gasteiger partial charge in [0.25, 0.3) is 5.91 Å². The molecule has 1 aliphatic heterocycles. The van der Waals surface area contributed by atoms with Crippen molar-refractivity contribution in [2.75, 3.05) is 20.1 Å². The molecule has 1 heterocycles. The third kappa shape index (κ3) is 3.33. The largest absolute Gasteiger partial charge is 0.340 e. The second-order valence-electron chi connectivity index (χ2n) is 5.20. The Bertz CT molecular complexity index is 393. The molecule has 3 heteroatoms. The van der Waals surface area contributed by atoms with Crippen molar-refractivity contribution in [3.8, 4) is 0 Å². The molecule has 1 atom stereocenters. The maximum absolute atomic E-state index is 12.2. The van der Waals surface area contributed by atoms with Gasteiger partial charge < -0.3 is 10.2 Å². The predicted molar refractivity (Wildman–Crippen MR) is 73.8 cm³/mol. The van der Waals surface area contributed by atoms with Crippen LogP contribution in [0.4, 0.5) is 0 Å². The molecular weight excluding hydrogens is 224 g/mol. The summed E-state index contributed by atoms with van der Waals surface area (Å²) in [5.74, 6) is 0.113. The van der Waals surface area contributed by atoms with Crippen molar-refractivity contribution < 1.29 is 4.79 Å². The molecule has 0 radical (unpaired) electrons. The van der Waals surface area contributed by atoms with Gasteiger partial charge in [-0.05, 0) is 38.4 Å². The van der Waals surface area contributed by atoms with E-state index < -0.39 is 0 Å². The van der Waals surface area contributed by atoms with E-state index in [1.165, 1.54) is 24.8 Å². The molecule has 1 aromatic carbocycles. The Morgan fingerprint density at radius 1 is 1.33 bits per heavy atom. The van der Waals surface area contributed by atoms with E-state index >= 15 is 0 Å². The lowest BCUT2D eigenvalue weighted by Crippen LogP contribution is -2.44. The lowest BCUT2D eigenvalue weighted by atomic mass is 10.0. The van der Waals surface area contributed by atoms with E-state index in [-0.39, 0.29) is 5.91 Å². The molecule has 0 bridgehead atoms. The molecule has 1 amide bonds. The van der Waals surface area contributed by atoms with E-state index in [0.29, 0.717) is 6.04 Å². The first-order valence-electron chi connectivity index (χ1n) is 6.72. The summed E-state index contributed by atoms with van der Waals surface area (Å²) >= 11 is 0. The van der Waals surface area contributed by atoms with Crippen LogP contribution in [0, 0.1) is 6.92 Å². The van der Waals surface area contributed by atoms with Gasteiger partial charge in [-0.25, -0.2) is 0 Å². The average molecular weight is 246 g/mol. The Balaban J connectivity index is 1.93. The molecule has 0 saturated carbocycles. The van der Waals surface area contributed by atoms with Gasteiger partial charge in [0.15, 0.2) is 0 Å². The van der Waals surface area contributed by atoms with Gasteiger partial charge in [0.1, 0.15) is 0 Å². The Hall–Kier alpha value is -1.35. The zero-order valence-corrected chi connectivity index (χ0v) is 11.3. The highest BCUT2D eigenvalue weighted by Gasteiger charge is 2.18. The monoisotopic (exact) mass is 246 g/mol. The smallest absolute Gasteiger partial charge is 0.253 e. The summed E-state index contributed by atoms with van der Waals surface area (Å²) in [6.45, 7) is 3.91. The minimum atomic E-state index is 0.113. The summed E-state index contributed by atoms with van der Waals surface area (Å²) in [6.07, 6.45) is 3.70. The van der Waals surface area contributed by atoms with E-state index in [9.17, 15) is 4.79 Å². The second kappa shape index (κ2) is 6.01. The average Bonchev–Trinajstić information content (AvgIpc) is 2.40. The number of aryl methyl sites for hydroxylation is 1. The lowest BCUT2D eigenvalue weighted by molar-refractivity contribution is 0.0775. The molecule has 2 rings (SSSR count). The molecule has 18 heavy (non-hydrogen) atoms. The summed E-state index contributed by atoms with van der Waals surface area (Å²) in [7, 11) is 1.89. The third-order valence-electron chi connectivity index (χ3n) is 3.55. The number of nitrogens with zero attached hydrogens (tertiary/aromatic N) is 1. The van der Waals surface area contributed by atoms with Gasteiger partial charge in [0.2, 0.25) is 0 Å². The second-order valence-corrected chi connectivity index (χ2v) is 5.20. The SMILES string of the molecule is Cc1ccc(C(=O)N(C)CC2CCCCN2)cc1. The molecule has 1 N–H and O–H groups in total. The van der Waals surface area contributed by atoms with Crippen LogP contribution in [-0.4, -0.2) is 37.0 Å². The highest BCUT2D eigenvalue weighted by Crippen LogP contribution is 2.10. The summed E-state index contributed by atoms with van der Waals surface area (Å²) in [5, 5.41) is 3.47. The number of likely N-dealkylation sites (N-methyl/N-ethyl adjacent to an activating group) is 1. The summed E-state index contributed by atoms with van der Waals surface area (Å²) in [4.78, 5) is 14.1. The number of amides is 1. The molecule has 98 valence electrons. The highest BCUT2D eigenvalue weighted by molar-refractivity contribution is 5.94. The number of piperidine rings is 1. The zero-order chi connectivity index (χ0) is 13.0. The molecule has 0 aromatic heterocycles. The van der Waals surface area contributed by atoms with Crippen LogP contribution >= 0.6 is 0 Å². The predicted octanol–water partition coefficient (Wildman–Crippen LogP) is 2.21. The van der Waals surface area contributed by atoms with Crippen LogP contribution in [0.15, 0.2) is 24.3 Å². The maximum atomic E-state index is 12.2. The van der Waals surface area contributed by atoms with Crippen molar-refractivity contribution in [2.45, 2.75) is 32.2 Å². The van der Waals surface area contributed by atoms with Gasteiger partial charge in [0, 0.05) is 25.2 Å². The molecule has 3 nitrogen and oxygen atoms in total. The normalized spacial score (nSPS) is 19.6. The number of carbonyl (C=O) groups is 1. The highest BCUT2D eigenvalue weighted by atomic mass is 16.2. The van der Waals surface area contributed by atoms with Crippen LogP contribution in [-0.2, 0) is 0 Å². The fourth-order valence-corrected chi connectivity index (χ4v) is 2.41. The number of hydrogen-bond acceptors (Lipinski definition) is 2. The van der Waals surface area contributed by atoms with Gasteiger partial charge in [-0.2, -0.15) is 0 Å². The van der Waals surface area contributed by atoms with Crippen molar-refractivity contribution in [3.05, 3.63) is 35.4 Å². The number of benzene rings is 1. The molecule has 1 aromatic rings. The van der Waals surface area contributed by atoms with Crippen LogP contribution in [0.25, 0.3) is 0 Å². The molecule has 1 unspecified atom stereocenters. The van der Waals surface area contributed by atoms with Crippen molar-refractivity contribution in [1.82, 2.24) is 10.2 Å². The van der Waals surface area contributed by atoms with Crippen molar-refractivity contribution in [2.24, 2.45) is 0 Å². The van der Waals surface area contributed by atoms with Gasteiger partial charge in [-0.3, -0.25) is 4.79 Å². The van der Waals surface area contributed by atoms with Crippen molar-refractivity contribution in [3.63, 3.8) is 0 Å². The van der Waals surface area contributed by atoms with Gasteiger partial charge in [0.05, 0.1) is 0 Å². The number of hydrogen-bond donors (Lipinski definition) is 1. The fourth-order valence-electron chi connectivity index (χ4n) is 2.41. The Kier molecular flexibility index (Phi) is 4.37. The van der Waals surface area contributed by atoms with E-state index in [4.69, 9.17) is 0 Å². The van der Waals surface area contributed by atoms with E-state index in [2.05, 4.69) is 5.32 Å². The third-order valence-corrected chi connectivity index (χ3v) is 3.55. The maximum Gasteiger partial charge on any atom is 0.253 e. The summed E-state index contributed by atoms with van der Waals surface area (Å²) in [5.41, 5.74) is 1.96. The first kappa shape index (κ1) is 13.1. The minimum Gasteiger partial charge on any atom is -0.340 e. The van der Waals surface area contributed by atoms with Crippen molar-refractivity contribution in [1.29, 1.82) is 0 Å². The Morgan fingerprint density at radius 2 is 2.06 bits per heavy atom. The van der Waals surface area contributed by atoms with Gasteiger partial charge >= 0.3 is 0 Å². The first-order chi connectivity index (χ1) is 8.66. The van der Waals surface area contributed by atoms with E-state index in [1.54, 1.807) is 0 Å². The standard InChI is InChI=1S/C15H22N2O/c1-12-6-8-13(9-7-12)15(18)17(2)11-14-5-3-4-10-16-14/h6-9,14,16H,3-5,10-11H2,1-2H3. The van der Waals surface area contributed by atoms with Gasteiger partial charge in [-0.1, -0.05) is 24.1 Å². The molecule has 1 fully saturated rings. The summed E-state index contributed by atoms with van der Waals surface area (Å²) < 4.78 is 0. The molecule has 0 aliphatic carbocycles. The number of carbonyl (C=O) groups excluding carboxylic acids is 1. The summed E-state index contributed by atoms with van der Waals surface area (Å²) in [6, 6.07) is 8.24. The number of nitrogens with one attached hydrogen (secondary N) is 1. The minimum absolute atomic E-state index is 0.113. The quantitative estimate of drug-likeness (QED) is 0.887. The number of rotatable bonds is 3.